The van der Waals surface area contributed by atoms with E-state index in [9.17, 15) is 14.4 Å². The van der Waals surface area contributed by atoms with Crippen LogP contribution in [0.2, 0.25) is 0 Å². The zero-order chi connectivity index (χ0) is 21.2. The molecular weight excluding hydrogens is 384 g/mol. The van der Waals surface area contributed by atoms with Crippen molar-refractivity contribution in [1.82, 2.24) is 15.6 Å². The number of hydrazone groups is 1. The van der Waals surface area contributed by atoms with Gasteiger partial charge in [0.25, 0.3) is 5.91 Å². The van der Waals surface area contributed by atoms with Crippen molar-refractivity contribution in [2.75, 3.05) is 19.7 Å². The number of ether oxygens (including phenoxy) is 1. The third kappa shape index (κ3) is 6.86. The fourth-order valence-corrected chi connectivity index (χ4v) is 3.77. The molecule has 0 aromatic heterocycles. The highest BCUT2D eigenvalue weighted by Gasteiger charge is 2.22. The van der Waals surface area contributed by atoms with Gasteiger partial charge in [0.1, 0.15) is 5.75 Å². The van der Waals surface area contributed by atoms with E-state index in [0.29, 0.717) is 18.8 Å². The van der Waals surface area contributed by atoms with Gasteiger partial charge < -0.3 is 15.0 Å². The first kappa shape index (κ1) is 21.8. The molecule has 0 bridgehead atoms. The Balaban J connectivity index is 1.38. The van der Waals surface area contributed by atoms with Crippen molar-refractivity contribution in [2.24, 2.45) is 5.10 Å². The summed E-state index contributed by atoms with van der Waals surface area (Å²) in [7, 11) is 0. The van der Waals surface area contributed by atoms with Gasteiger partial charge in [-0.15, -0.1) is 0 Å². The van der Waals surface area contributed by atoms with Crippen LogP contribution < -0.4 is 15.5 Å². The van der Waals surface area contributed by atoms with E-state index in [1.807, 2.05) is 0 Å². The summed E-state index contributed by atoms with van der Waals surface area (Å²) in [6, 6.07) is 7.25. The van der Waals surface area contributed by atoms with Crippen molar-refractivity contribution in [2.45, 2.75) is 57.4 Å². The Morgan fingerprint density at radius 2 is 1.67 bits per heavy atom. The Labute approximate surface area is 177 Å². The quantitative estimate of drug-likeness (QED) is 0.422. The van der Waals surface area contributed by atoms with E-state index in [1.165, 1.54) is 25.5 Å². The summed E-state index contributed by atoms with van der Waals surface area (Å²) in [5, 5.41) is 6.86. The van der Waals surface area contributed by atoms with E-state index in [0.717, 1.165) is 37.7 Å². The van der Waals surface area contributed by atoms with Crippen molar-refractivity contribution in [3.63, 3.8) is 0 Å². The highest BCUT2D eigenvalue weighted by atomic mass is 16.5. The van der Waals surface area contributed by atoms with Crippen LogP contribution in [0, 0.1) is 0 Å². The number of nitrogens with one attached hydrogen (secondary N) is 2. The molecule has 1 aliphatic heterocycles. The molecule has 2 aliphatic rings. The number of rotatable bonds is 6. The summed E-state index contributed by atoms with van der Waals surface area (Å²) in [6.45, 7) is 1.23. The monoisotopic (exact) mass is 414 g/mol. The highest BCUT2D eigenvalue weighted by Crippen LogP contribution is 2.17. The molecule has 1 saturated carbocycles. The molecule has 2 N–H and O–H groups in total. The number of carbonyl (C=O) groups is 3. The first-order chi connectivity index (χ1) is 14.6. The molecule has 1 aromatic carbocycles. The molecular formula is C22H30N4O4. The zero-order valence-electron chi connectivity index (χ0n) is 17.3. The summed E-state index contributed by atoms with van der Waals surface area (Å²) in [5.41, 5.74) is 3.01. The normalized spacial score (nSPS) is 17.5. The molecule has 2 fully saturated rings. The van der Waals surface area contributed by atoms with Gasteiger partial charge in [-0.2, -0.15) is 5.10 Å². The maximum absolute atomic E-state index is 12.0. The second-order valence-corrected chi connectivity index (χ2v) is 7.81. The van der Waals surface area contributed by atoms with Crippen LogP contribution in [0.1, 0.15) is 56.9 Å². The zero-order valence-corrected chi connectivity index (χ0v) is 17.3. The molecule has 8 nitrogen and oxygen atoms in total. The summed E-state index contributed by atoms with van der Waals surface area (Å²) in [5.74, 6) is -0.789. The lowest BCUT2D eigenvalue weighted by atomic mass is 9.95. The fourth-order valence-electron chi connectivity index (χ4n) is 3.77. The minimum absolute atomic E-state index is 0.0153. The predicted molar refractivity (Wildman–Crippen MR) is 113 cm³/mol. The number of amides is 3. The summed E-state index contributed by atoms with van der Waals surface area (Å²) in [4.78, 5) is 37.5. The first-order valence-electron chi connectivity index (χ1n) is 10.8. The van der Waals surface area contributed by atoms with Crippen molar-refractivity contribution < 1.29 is 19.1 Å². The van der Waals surface area contributed by atoms with Gasteiger partial charge in [-0.1, -0.05) is 19.3 Å². The predicted octanol–water partition coefficient (Wildman–Crippen LogP) is 1.98. The van der Waals surface area contributed by atoms with Crippen molar-refractivity contribution in [1.29, 1.82) is 0 Å². The van der Waals surface area contributed by atoms with Crippen LogP contribution in [-0.4, -0.2) is 54.6 Å². The number of benzene rings is 1. The van der Waals surface area contributed by atoms with E-state index in [4.69, 9.17) is 4.74 Å². The lowest BCUT2D eigenvalue weighted by molar-refractivity contribution is -0.146. The Morgan fingerprint density at radius 1 is 1.00 bits per heavy atom. The lowest BCUT2D eigenvalue weighted by Gasteiger charge is -2.25. The summed E-state index contributed by atoms with van der Waals surface area (Å²) >= 11 is 0. The largest absolute Gasteiger partial charge is 0.484 e. The number of hydrogen-bond acceptors (Lipinski definition) is 5. The molecule has 0 radical (unpaired) electrons. The number of piperidine rings is 1. The fraction of sp³-hybridized carbons (Fsp3) is 0.545. The highest BCUT2D eigenvalue weighted by molar-refractivity contribution is 6.35. The maximum atomic E-state index is 12.0. The Bertz CT molecular complexity index is 751. The average molecular weight is 415 g/mol. The maximum Gasteiger partial charge on any atom is 0.329 e. The van der Waals surface area contributed by atoms with Gasteiger partial charge in [-0.25, -0.2) is 5.43 Å². The van der Waals surface area contributed by atoms with Crippen LogP contribution >= 0.6 is 0 Å². The molecule has 1 saturated heterocycles. The van der Waals surface area contributed by atoms with E-state index < -0.39 is 11.8 Å². The van der Waals surface area contributed by atoms with Gasteiger partial charge in [0.2, 0.25) is 0 Å². The van der Waals surface area contributed by atoms with Crippen LogP contribution in [0.5, 0.6) is 5.75 Å². The first-order valence-corrected chi connectivity index (χ1v) is 10.8. The van der Waals surface area contributed by atoms with Crippen LogP contribution in [0.25, 0.3) is 0 Å². The van der Waals surface area contributed by atoms with E-state index in [1.54, 1.807) is 29.2 Å². The third-order valence-electron chi connectivity index (χ3n) is 5.44. The molecule has 8 heteroatoms. The number of carbonyl (C=O) groups excluding carboxylic acids is 3. The minimum Gasteiger partial charge on any atom is -0.484 e. The molecule has 1 aromatic rings. The van der Waals surface area contributed by atoms with E-state index in [-0.39, 0.29) is 18.6 Å². The smallest absolute Gasteiger partial charge is 0.329 e. The van der Waals surface area contributed by atoms with Gasteiger partial charge in [0.05, 0.1) is 6.21 Å². The molecule has 3 amide bonds. The van der Waals surface area contributed by atoms with Crippen molar-refractivity contribution >= 4 is 23.9 Å². The van der Waals surface area contributed by atoms with Crippen LogP contribution in [0.15, 0.2) is 29.4 Å². The SMILES string of the molecule is O=C(COc1ccc(/C=N\NC(=O)C(=O)N2CCCCC2)cc1)NC1CCCCC1. The number of hydrogen-bond donors (Lipinski definition) is 2. The van der Waals surface area contributed by atoms with Gasteiger partial charge in [-0.05, 0) is 61.9 Å². The second kappa shape index (κ2) is 11.3. The third-order valence-corrected chi connectivity index (χ3v) is 5.44. The molecule has 162 valence electrons. The Hall–Kier alpha value is -2.90. The van der Waals surface area contributed by atoms with Crippen LogP contribution in [0.3, 0.4) is 0 Å². The average Bonchev–Trinajstić information content (AvgIpc) is 2.79. The second-order valence-electron chi connectivity index (χ2n) is 7.81. The van der Waals surface area contributed by atoms with Crippen molar-refractivity contribution in [3.8, 4) is 5.75 Å². The Morgan fingerprint density at radius 3 is 2.37 bits per heavy atom. The van der Waals surface area contributed by atoms with E-state index in [2.05, 4.69) is 15.8 Å². The standard InChI is InChI=1S/C22H30N4O4/c27-20(24-18-7-3-1-4-8-18)16-30-19-11-9-17(10-12-19)15-23-25-21(28)22(29)26-13-5-2-6-14-26/h9-12,15,18H,1-8,13-14,16H2,(H,24,27)(H,25,28)/b23-15-. The number of nitrogens with zero attached hydrogens (tertiary/aromatic N) is 2. The molecule has 0 spiro atoms. The Kier molecular flexibility index (Phi) is 8.23. The lowest BCUT2D eigenvalue weighted by Crippen LogP contribution is -2.43. The van der Waals surface area contributed by atoms with Crippen molar-refractivity contribution in [3.05, 3.63) is 29.8 Å². The molecule has 1 aliphatic carbocycles. The number of likely N-dealkylation sites (tertiary alicyclic amines) is 1. The summed E-state index contributed by atoms with van der Waals surface area (Å²) < 4.78 is 5.53. The van der Waals surface area contributed by atoms with Gasteiger partial charge in [-0.3, -0.25) is 14.4 Å². The molecule has 0 atom stereocenters. The van der Waals surface area contributed by atoms with E-state index >= 15 is 0 Å². The molecule has 3 rings (SSSR count). The molecule has 0 unspecified atom stereocenters. The summed E-state index contributed by atoms with van der Waals surface area (Å²) in [6.07, 6.45) is 10.1. The van der Waals surface area contributed by atoms with Gasteiger partial charge >= 0.3 is 11.8 Å². The van der Waals surface area contributed by atoms with Crippen LogP contribution in [-0.2, 0) is 14.4 Å². The topological polar surface area (TPSA) is 100 Å². The minimum atomic E-state index is -0.725. The van der Waals surface area contributed by atoms with Crippen LogP contribution in [0.4, 0.5) is 0 Å². The molecule has 1 heterocycles. The van der Waals surface area contributed by atoms with Gasteiger partial charge in [0.15, 0.2) is 6.61 Å². The van der Waals surface area contributed by atoms with Gasteiger partial charge in [0, 0.05) is 19.1 Å². The molecule has 30 heavy (non-hydrogen) atoms.